The molecule has 0 aliphatic carbocycles. The summed E-state index contributed by atoms with van der Waals surface area (Å²) >= 11 is 0. The van der Waals surface area contributed by atoms with Crippen LogP contribution in [0.4, 0.5) is 4.79 Å². The molecule has 2 heterocycles. The molecule has 2 aliphatic heterocycles. The van der Waals surface area contributed by atoms with Crippen LogP contribution in [0.5, 0.6) is 0 Å². The number of piperazine rings is 2. The molecular formula is C23H30N4O. The van der Waals surface area contributed by atoms with Gasteiger partial charge in [-0.15, -0.1) is 0 Å². The number of carbonyl (C=O) groups is 1. The molecule has 5 nitrogen and oxygen atoms in total. The Morgan fingerprint density at radius 1 is 0.679 bits per heavy atom. The van der Waals surface area contributed by atoms with Gasteiger partial charge in [-0.1, -0.05) is 60.7 Å². The second kappa shape index (κ2) is 8.33. The van der Waals surface area contributed by atoms with Crippen LogP contribution in [-0.4, -0.2) is 79.0 Å². The number of rotatable bonds is 2. The van der Waals surface area contributed by atoms with Crippen molar-refractivity contribution in [3.05, 3.63) is 71.8 Å². The molecule has 2 amide bonds. The Kier molecular flexibility index (Phi) is 5.64. The zero-order valence-corrected chi connectivity index (χ0v) is 16.9. The first kappa shape index (κ1) is 19.0. The van der Waals surface area contributed by atoms with Crippen LogP contribution in [0, 0.1) is 0 Å². The predicted octanol–water partition coefficient (Wildman–Crippen LogP) is 3.08. The summed E-state index contributed by atoms with van der Waals surface area (Å²) in [4.78, 5) is 22.1. The maximum absolute atomic E-state index is 13.3. The van der Waals surface area contributed by atoms with Gasteiger partial charge in [-0.2, -0.15) is 0 Å². The van der Waals surface area contributed by atoms with Gasteiger partial charge in [0.05, 0.1) is 12.1 Å². The molecule has 0 N–H and O–H groups in total. The molecular weight excluding hydrogens is 348 g/mol. The van der Waals surface area contributed by atoms with E-state index >= 15 is 0 Å². The zero-order chi connectivity index (χ0) is 19.5. The SMILES string of the molecule is CN1CCN(C(=O)N2CCN(C)C(c3ccccc3)C2)CC1c1ccccc1. The monoisotopic (exact) mass is 378 g/mol. The Labute approximate surface area is 168 Å². The maximum atomic E-state index is 13.3. The van der Waals surface area contributed by atoms with Crippen molar-refractivity contribution in [1.82, 2.24) is 19.6 Å². The van der Waals surface area contributed by atoms with Crippen LogP contribution in [0.3, 0.4) is 0 Å². The van der Waals surface area contributed by atoms with Gasteiger partial charge in [0.25, 0.3) is 0 Å². The molecule has 0 spiro atoms. The molecule has 2 unspecified atom stereocenters. The van der Waals surface area contributed by atoms with Crippen LogP contribution in [0.15, 0.2) is 60.7 Å². The molecule has 2 atom stereocenters. The second-order valence-corrected chi connectivity index (χ2v) is 7.99. The van der Waals surface area contributed by atoms with Crippen molar-refractivity contribution in [3.63, 3.8) is 0 Å². The quantitative estimate of drug-likeness (QED) is 0.804. The Morgan fingerprint density at radius 3 is 1.46 bits per heavy atom. The number of carbonyl (C=O) groups excluding carboxylic acids is 1. The highest BCUT2D eigenvalue weighted by Gasteiger charge is 2.34. The van der Waals surface area contributed by atoms with E-state index < -0.39 is 0 Å². The summed E-state index contributed by atoms with van der Waals surface area (Å²) in [6.45, 7) is 4.90. The highest BCUT2D eigenvalue weighted by atomic mass is 16.2. The van der Waals surface area contributed by atoms with E-state index in [1.807, 2.05) is 21.9 Å². The Balaban J connectivity index is 1.46. The van der Waals surface area contributed by atoms with E-state index in [0.717, 1.165) is 39.3 Å². The van der Waals surface area contributed by atoms with E-state index in [2.05, 4.69) is 72.4 Å². The lowest BCUT2D eigenvalue weighted by Crippen LogP contribution is -2.57. The molecule has 2 aromatic rings. The van der Waals surface area contributed by atoms with E-state index in [1.165, 1.54) is 11.1 Å². The van der Waals surface area contributed by atoms with Gasteiger partial charge < -0.3 is 9.80 Å². The summed E-state index contributed by atoms with van der Waals surface area (Å²) in [5, 5.41) is 0. The number of likely N-dealkylation sites (N-methyl/N-ethyl adjacent to an activating group) is 2. The first-order chi connectivity index (χ1) is 13.6. The van der Waals surface area contributed by atoms with Crippen molar-refractivity contribution >= 4 is 6.03 Å². The fourth-order valence-corrected chi connectivity index (χ4v) is 4.37. The number of hydrogen-bond acceptors (Lipinski definition) is 3. The van der Waals surface area contributed by atoms with Crippen LogP contribution in [0.25, 0.3) is 0 Å². The second-order valence-electron chi connectivity index (χ2n) is 7.99. The summed E-state index contributed by atoms with van der Waals surface area (Å²) in [6, 6.07) is 21.8. The minimum absolute atomic E-state index is 0.183. The van der Waals surface area contributed by atoms with Crippen LogP contribution >= 0.6 is 0 Å². The smallest absolute Gasteiger partial charge is 0.320 e. The third kappa shape index (κ3) is 3.91. The van der Waals surface area contributed by atoms with Crippen LogP contribution in [0.2, 0.25) is 0 Å². The fraction of sp³-hybridized carbons (Fsp3) is 0.435. The molecule has 28 heavy (non-hydrogen) atoms. The minimum Gasteiger partial charge on any atom is -0.321 e. The molecule has 4 rings (SSSR count). The summed E-state index contributed by atoms with van der Waals surface area (Å²) < 4.78 is 0. The van der Waals surface area contributed by atoms with E-state index in [4.69, 9.17) is 0 Å². The van der Waals surface area contributed by atoms with E-state index in [1.54, 1.807) is 0 Å². The number of amides is 2. The Morgan fingerprint density at radius 2 is 1.07 bits per heavy atom. The highest BCUT2D eigenvalue weighted by Crippen LogP contribution is 2.27. The van der Waals surface area contributed by atoms with Crippen molar-refractivity contribution < 1.29 is 4.79 Å². The van der Waals surface area contributed by atoms with Gasteiger partial charge >= 0.3 is 6.03 Å². The average Bonchev–Trinajstić information content (AvgIpc) is 2.75. The van der Waals surface area contributed by atoms with Crippen molar-refractivity contribution in [1.29, 1.82) is 0 Å². The van der Waals surface area contributed by atoms with Gasteiger partial charge in [0.15, 0.2) is 0 Å². The summed E-state index contributed by atoms with van der Waals surface area (Å²) in [5.41, 5.74) is 2.56. The largest absolute Gasteiger partial charge is 0.321 e. The molecule has 148 valence electrons. The lowest BCUT2D eigenvalue weighted by Gasteiger charge is -2.45. The van der Waals surface area contributed by atoms with Crippen LogP contribution < -0.4 is 0 Å². The van der Waals surface area contributed by atoms with Gasteiger partial charge in [0, 0.05) is 39.3 Å². The average molecular weight is 379 g/mol. The lowest BCUT2D eigenvalue weighted by molar-refractivity contribution is 0.0629. The molecule has 2 aliphatic rings. The fourth-order valence-electron chi connectivity index (χ4n) is 4.37. The third-order valence-electron chi connectivity index (χ3n) is 6.21. The van der Waals surface area contributed by atoms with Crippen molar-refractivity contribution in [3.8, 4) is 0 Å². The third-order valence-corrected chi connectivity index (χ3v) is 6.21. The molecule has 0 aromatic heterocycles. The predicted molar refractivity (Wildman–Crippen MR) is 112 cm³/mol. The van der Waals surface area contributed by atoms with Crippen molar-refractivity contribution in [2.75, 3.05) is 53.4 Å². The summed E-state index contributed by atoms with van der Waals surface area (Å²) in [7, 11) is 4.31. The molecule has 0 bridgehead atoms. The molecule has 2 fully saturated rings. The minimum atomic E-state index is 0.183. The number of hydrogen-bond donors (Lipinski definition) is 0. The van der Waals surface area contributed by atoms with E-state index in [0.29, 0.717) is 0 Å². The van der Waals surface area contributed by atoms with Gasteiger partial charge in [0.1, 0.15) is 0 Å². The van der Waals surface area contributed by atoms with E-state index in [-0.39, 0.29) is 18.1 Å². The van der Waals surface area contributed by atoms with Crippen molar-refractivity contribution in [2.24, 2.45) is 0 Å². The van der Waals surface area contributed by atoms with Crippen LogP contribution in [-0.2, 0) is 0 Å². The summed E-state index contributed by atoms with van der Waals surface area (Å²) in [6.07, 6.45) is 0. The summed E-state index contributed by atoms with van der Waals surface area (Å²) in [5.74, 6) is 0. The lowest BCUT2D eigenvalue weighted by atomic mass is 10.0. The standard InChI is InChI=1S/C23H30N4O/c1-24-13-15-26(17-21(24)19-9-5-3-6-10-19)23(28)27-16-14-25(2)22(18-27)20-11-7-4-8-12-20/h3-12,21-22H,13-18H2,1-2H3. The number of nitrogens with zero attached hydrogens (tertiary/aromatic N) is 4. The maximum Gasteiger partial charge on any atom is 0.320 e. The molecule has 0 saturated carbocycles. The molecule has 5 heteroatoms. The Bertz CT molecular complexity index is 716. The van der Waals surface area contributed by atoms with Gasteiger partial charge in [0.2, 0.25) is 0 Å². The van der Waals surface area contributed by atoms with E-state index in [9.17, 15) is 4.79 Å². The van der Waals surface area contributed by atoms with Crippen molar-refractivity contribution in [2.45, 2.75) is 12.1 Å². The van der Waals surface area contributed by atoms with Crippen LogP contribution in [0.1, 0.15) is 23.2 Å². The molecule has 2 saturated heterocycles. The molecule has 0 radical (unpaired) electrons. The topological polar surface area (TPSA) is 30.0 Å². The highest BCUT2D eigenvalue weighted by molar-refractivity contribution is 5.75. The van der Waals surface area contributed by atoms with Gasteiger partial charge in [-0.3, -0.25) is 9.80 Å². The Hall–Kier alpha value is -2.37. The first-order valence-electron chi connectivity index (χ1n) is 10.2. The molecule has 2 aromatic carbocycles. The zero-order valence-electron chi connectivity index (χ0n) is 16.9. The normalized spacial score (nSPS) is 24.4. The van der Waals surface area contributed by atoms with Gasteiger partial charge in [-0.25, -0.2) is 4.79 Å². The first-order valence-corrected chi connectivity index (χ1v) is 10.2. The number of benzene rings is 2. The number of urea groups is 1. The van der Waals surface area contributed by atoms with Gasteiger partial charge in [-0.05, 0) is 25.2 Å².